The summed E-state index contributed by atoms with van der Waals surface area (Å²) in [5, 5.41) is 3.33. The van der Waals surface area contributed by atoms with E-state index in [2.05, 4.69) is 5.32 Å². The van der Waals surface area contributed by atoms with Gasteiger partial charge in [-0.3, -0.25) is 0 Å². The van der Waals surface area contributed by atoms with Gasteiger partial charge in [0.05, 0.1) is 13.4 Å². The summed E-state index contributed by atoms with van der Waals surface area (Å²) in [5.74, 6) is 0.881. The molecule has 1 heterocycles. The molecule has 0 bridgehead atoms. The van der Waals surface area contributed by atoms with Gasteiger partial charge in [-0.05, 0) is 36.8 Å². The van der Waals surface area contributed by atoms with E-state index in [-0.39, 0.29) is 17.6 Å². The Morgan fingerprint density at radius 1 is 1.37 bits per heavy atom. The van der Waals surface area contributed by atoms with E-state index >= 15 is 0 Å². The summed E-state index contributed by atoms with van der Waals surface area (Å²) in [6.07, 6.45) is 2.48. The molecule has 0 saturated heterocycles. The number of methoxy groups -OCH3 is 1. The van der Waals surface area contributed by atoms with Gasteiger partial charge < -0.3 is 14.5 Å². The van der Waals surface area contributed by atoms with Gasteiger partial charge in [0.1, 0.15) is 5.76 Å². The van der Waals surface area contributed by atoms with Crippen LogP contribution in [0, 0.1) is 5.82 Å². The van der Waals surface area contributed by atoms with E-state index < -0.39 is 0 Å². The Kier molecular flexibility index (Phi) is 4.58. The van der Waals surface area contributed by atoms with E-state index in [4.69, 9.17) is 9.15 Å². The van der Waals surface area contributed by atoms with E-state index in [1.165, 1.54) is 13.2 Å². The Morgan fingerprint density at radius 2 is 2.21 bits per heavy atom. The molecule has 1 atom stereocenters. The summed E-state index contributed by atoms with van der Waals surface area (Å²) in [7, 11) is 1.46. The Morgan fingerprint density at radius 3 is 2.84 bits per heavy atom. The number of furan rings is 1. The van der Waals surface area contributed by atoms with E-state index in [1.54, 1.807) is 12.3 Å². The Bertz CT molecular complexity index is 511. The van der Waals surface area contributed by atoms with Crippen molar-refractivity contribution >= 4 is 0 Å². The fraction of sp³-hybridized carbons (Fsp3) is 0.333. The first kappa shape index (κ1) is 13.6. The normalized spacial score (nSPS) is 12.4. The maximum Gasteiger partial charge on any atom is 0.165 e. The van der Waals surface area contributed by atoms with Crippen LogP contribution in [0.25, 0.3) is 0 Å². The lowest BCUT2D eigenvalue weighted by Crippen LogP contribution is -2.21. The third kappa shape index (κ3) is 3.58. The Hall–Kier alpha value is -1.81. The highest BCUT2D eigenvalue weighted by atomic mass is 19.1. The van der Waals surface area contributed by atoms with Gasteiger partial charge in [0.15, 0.2) is 11.6 Å². The minimum Gasteiger partial charge on any atom is -0.494 e. The summed E-state index contributed by atoms with van der Waals surface area (Å²) in [6.45, 7) is 2.78. The molecule has 0 amide bonds. The molecule has 4 heteroatoms. The molecule has 0 radical (unpaired) electrons. The van der Waals surface area contributed by atoms with Crippen molar-refractivity contribution in [3.05, 3.63) is 53.7 Å². The highest BCUT2D eigenvalue weighted by molar-refractivity contribution is 5.30. The highest BCUT2D eigenvalue weighted by Crippen LogP contribution is 2.21. The third-order valence-electron chi connectivity index (χ3n) is 3.08. The second kappa shape index (κ2) is 6.38. The minimum absolute atomic E-state index is 0.0790. The maximum atomic E-state index is 13.6. The second-order valence-electron chi connectivity index (χ2n) is 4.40. The smallest absolute Gasteiger partial charge is 0.165 e. The number of benzene rings is 1. The predicted octanol–water partition coefficient (Wildman–Crippen LogP) is 3.32. The van der Waals surface area contributed by atoms with Crippen LogP contribution in [0.2, 0.25) is 0 Å². The molecular weight excluding hydrogens is 245 g/mol. The van der Waals surface area contributed by atoms with Crippen molar-refractivity contribution in [1.82, 2.24) is 5.32 Å². The van der Waals surface area contributed by atoms with Gasteiger partial charge in [-0.15, -0.1) is 0 Å². The van der Waals surface area contributed by atoms with Crippen LogP contribution in [0.3, 0.4) is 0 Å². The molecule has 102 valence electrons. The number of hydrogen-bond donors (Lipinski definition) is 1. The highest BCUT2D eigenvalue weighted by Gasteiger charge is 2.09. The first-order valence-electron chi connectivity index (χ1n) is 6.30. The first-order chi connectivity index (χ1) is 9.20. The fourth-order valence-corrected chi connectivity index (χ4v) is 1.94. The maximum absolute atomic E-state index is 13.6. The molecule has 0 saturated carbocycles. The average molecular weight is 263 g/mol. The van der Waals surface area contributed by atoms with Crippen molar-refractivity contribution in [3.8, 4) is 5.75 Å². The van der Waals surface area contributed by atoms with E-state index in [9.17, 15) is 4.39 Å². The molecule has 3 nitrogen and oxygen atoms in total. The van der Waals surface area contributed by atoms with Gasteiger partial charge in [0.25, 0.3) is 0 Å². The van der Waals surface area contributed by atoms with Gasteiger partial charge in [-0.2, -0.15) is 0 Å². The number of nitrogens with one attached hydrogen (secondary N) is 1. The largest absolute Gasteiger partial charge is 0.494 e. The molecule has 0 aliphatic carbocycles. The van der Waals surface area contributed by atoms with E-state index in [1.807, 2.05) is 25.1 Å². The number of ether oxygens (including phenoxy) is 1. The quantitative estimate of drug-likeness (QED) is 0.868. The predicted molar refractivity (Wildman–Crippen MR) is 71.8 cm³/mol. The molecular formula is C15H18FNO2. The Labute approximate surface area is 112 Å². The second-order valence-corrected chi connectivity index (χ2v) is 4.40. The molecule has 0 spiro atoms. The lowest BCUT2D eigenvalue weighted by molar-refractivity contribution is 0.385. The summed E-state index contributed by atoms with van der Waals surface area (Å²) < 4.78 is 23.7. The van der Waals surface area contributed by atoms with Crippen LogP contribution in [0.15, 0.2) is 41.0 Å². The first-order valence-corrected chi connectivity index (χ1v) is 6.30. The Balaban J connectivity index is 1.88. The van der Waals surface area contributed by atoms with Crippen LogP contribution in [-0.2, 0) is 6.42 Å². The van der Waals surface area contributed by atoms with Crippen LogP contribution >= 0.6 is 0 Å². The summed E-state index contributed by atoms with van der Waals surface area (Å²) in [5.41, 5.74) is 0.901. The zero-order chi connectivity index (χ0) is 13.7. The molecule has 1 aromatic carbocycles. The van der Waals surface area contributed by atoms with Crippen molar-refractivity contribution < 1.29 is 13.5 Å². The molecule has 1 N–H and O–H groups in total. The lowest BCUT2D eigenvalue weighted by atomic mass is 10.1. The van der Waals surface area contributed by atoms with Gasteiger partial charge in [-0.25, -0.2) is 4.39 Å². The number of rotatable bonds is 6. The van der Waals surface area contributed by atoms with Crippen LogP contribution in [-0.4, -0.2) is 13.7 Å². The summed E-state index contributed by atoms with van der Waals surface area (Å²) in [4.78, 5) is 0. The van der Waals surface area contributed by atoms with Crippen molar-refractivity contribution in [3.63, 3.8) is 0 Å². The van der Waals surface area contributed by atoms with Gasteiger partial charge in [0.2, 0.25) is 0 Å². The molecule has 1 unspecified atom stereocenters. The lowest BCUT2D eigenvalue weighted by Gasteiger charge is -2.14. The van der Waals surface area contributed by atoms with Crippen LogP contribution in [0.5, 0.6) is 5.75 Å². The fourth-order valence-electron chi connectivity index (χ4n) is 1.94. The molecule has 2 rings (SSSR count). The average Bonchev–Trinajstić information content (AvgIpc) is 2.91. The van der Waals surface area contributed by atoms with Crippen LogP contribution in [0.1, 0.15) is 24.3 Å². The molecule has 0 fully saturated rings. The topological polar surface area (TPSA) is 34.4 Å². The van der Waals surface area contributed by atoms with Gasteiger partial charge in [-0.1, -0.05) is 6.07 Å². The molecule has 0 aliphatic rings. The third-order valence-corrected chi connectivity index (χ3v) is 3.08. The molecule has 0 aliphatic heterocycles. The molecule has 2 aromatic rings. The summed E-state index contributed by atoms with van der Waals surface area (Å²) in [6, 6.07) is 8.91. The van der Waals surface area contributed by atoms with E-state index in [0.717, 1.165) is 24.3 Å². The van der Waals surface area contributed by atoms with Crippen LogP contribution < -0.4 is 10.1 Å². The monoisotopic (exact) mass is 263 g/mol. The number of hydrogen-bond acceptors (Lipinski definition) is 3. The van der Waals surface area contributed by atoms with Crippen molar-refractivity contribution in [2.24, 2.45) is 0 Å². The zero-order valence-electron chi connectivity index (χ0n) is 11.2. The molecule has 1 aromatic heterocycles. The standard InChI is InChI=1S/C15H18FNO2/c1-11(17-8-7-13-4-3-9-19-13)12-5-6-15(18-2)14(16)10-12/h3-6,9-11,17H,7-8H2,1-2H3. The van der Waals surface area contributed by atoms with Crippen molar-refractivity contribution in [1.29, 1.82) is 0 Å². The summed E-state index contributed by atoms with van der Waals surface area (Å²) >= 11 is 0. The number of halogens is 1. The van der Waals surface area contributed by atoms with Crippen molar-refractivity contribution in [2.45, 2.75) is 19.4 Å². The SMILES string of the molecule is COc1ccc(C(C)NCCc2ccco2)cc1F. The molecule has 19 heavy (non-hydrogen) atoms. The van der Waals surface area contributed by atoms with Gasteiger partial charge in [0, 0.05) is 19.0 Å². The van der Waals surface area contributed by atoms with Gasteiger partial charge >= 0.3 is 0 Å². The van der Waals surface area contributed by atoms with E-state index in [0.29, 0.717) is 0 Å². The zero-order valence-corrected chi connectivity index (χ0v) is 11.2. The van der Waals surface area contributed by atoms with Crippen LogP contribution in [0.4, 0.5) is 4.39 Å². The van der Waals surface area contributed by atoms with Crippen molar-refractivity contribution in [2.75, 3.05) is 13.7 Å². The minimum atomic E-state index is -0.334.